The third kappa shape index (κ3) is 2.28. The molecule has 2 heterocycles. The van der Waals surface area contributed by atoms with E-state index in [1.165, 1.54) is 31.4 Å². The van der Waals surface area contributed by atoms with Gasteiger partial charge < -0.3 is 5.32 Å². The van der Waals surface area contributed by atoms with Gasteiger partial charge in [0.15, 0.2) is 0 Å². The molecule has 0 radical (unpaired) electrons. The molecule has 2 heteroatoms. The van der Waals surface area contributed by atoms with E-state index in [0.29, 0.717) is 0 Å². The van der Waals surface area contributed by atoms with E-state index >= 15 is 0 Å². The largest absolute Gasteiger partial charge is 0.317 e. The van der Waals surface area contributed by atoms with Crippen molar-refractivity contribution in [3.05, 3.63) is 30.1 Å². The molecule has 1 aliphatic heterocycles. The van der Waals surface area contributed by atoms with Crippen LogP contribution in [-0.4, -0.2) is 18.1 Å². The lowest BCUT2D eigenvalue weighted by molar-refractivity contribution is 0.609. The van der Waals surface area contributed by atoms with Gasteiger partial charge in [-0.1, -0.05) is 0 Å². The van der Waals surface area contributed by atoms with E-state index in [-0.39, 0.29) is 0 Å². The second kappa shape index (κ2) is 4.38. The predicted molar refractivity (Wildman–Crippen MR) is 53.7 cm³/mol. The molecule has 0 spiro atoms. The Kier molecular flexibility index (Phi) is 2.93. The average molecular weight is 176 g/mol. The summed E-state index contributed by atoms with van der Waals surface area (Å²) < 4.78 is 0. The first-order valence-electron chi connectivity index (χ1n) is 5.07. The van der Waals surface area contributed by atoms with Crippen molar-refractivity contribution in [3.63, 3.8) is 0 Å². The van der Waals surface area contributed by atoms with Gasteiger partial charge in [0.25, 0.3) is 0 Å². The topological polar surface area (TPSA) is 24.9 Å². The van der Waals surface area contributed by atoms with Crippen LogP contribution in [-0.2, 0) is 0 Å². The monoisotopic (exact) mass is 176 g/mol. The van der Waals surface area contributed by atoms with E-state index in [1.807, 2.05) is 12.4 Å². The van der Waals surface area contributed by atoms with Gasteiger partial charge in [-0.2, -0.15) is 0 Å². The molecule has 1 N–H and O–H groups in total. The van der Waals surface area contributed by atoms with Crippen molar-refractivity contribution in [3.8, 4) is 0 Å². The lowest BCUT2D eigenvalue weighted by atomic mass is 9.93. The summed E-state index contributed by atoms with van der Waals surface area (Å²) in [6.45, 7) is 2.34. The van der Waals surface area contributed by atoms with Crippen molar-refractivity contribution in [2.24, 2.45) is 0 Å². The average Bonchev–Trinajstić information content (AvgIpc) is 2.47. The molecule has 1 aromatic rings. The van der Waals surface area contributed by atoms with E-state index < -0.39 is 0 Å². The van der Waals surface area contributed by atoms with Crippen LogP contribution in [0.5, 0.6) is 0 Å². The van der Waals surface area contributed by atoms with Crippen LogP contribution in [0.2, 0.25) is 0 Å². The molecule has 0 bridgehead atoms. The van der Waals surface area contributed by atoms with Crippen molar-refractivity contribution in [2.75, 3.05) is 13.1 Å². The normalized spacial score (nSPS) is 23.8. The standard InChI is InChI=1S/C11H16N2/c1-2-10(3-7-12-6-1)11-4-8-13-9-5-11/h4-5,8-10,12H,1-3,6-7H2. The Hall–Kier alpha value is -0.890. The van der Waals surface area contributed by atoms with Crippen LogP contribution < -0.4 is 5.32 Å². The molecule has 1 unspecified atom stereocenters. The van der Waals surface area contributed by atoms with Crippen LogP contribution in [0.1, 0.15) is 30.7 Å². The number of pyridine rings is 1. The van der Waals surface area contributed by atoms with E-state index in [0.717, 1.165) is 12.5 Å². The Morgan fingerprint density at radius 3 is 2.85 bits per heavy atom. The van der Waals surface area contributed by atoms with Crippen LogP contribution in [0.25, 0.3) is 0 Å². The molecule has 0 amide bonds. The quantitative estimate of drug-likeness (QED) is 0.707. The van der Waals surface area contributed by atoms with Gasteiger partial charge in [-0.3, -0.25) is 4.98 Å². The highest BCUT2D eigenvalue weighted by atomic mass is 14.8. The maximum atomic E-state index is 4.05. The Bertz CT molecular complexity index is 238. The number of nitrogens with one attached hydrogen (secondary N) is 1. The van der Waals surface area contributed by atoms with Gasteiger partial charge >= 0.3 is 0 Å². The lowest BCUT2D eigenvalue weighted by Crippen LogP contribution is -2.13. The molecule has 0 saturated carbocycles. The second-order valence-corrected chi connectivity index (χ2v) is 3.66. The zero-order valence-electron chi connectivity index (χ0n) is 7.87. The fraction of sp³-hybridized carbons (Fsp3) is 0.545. The third-order valence-corrected chi connectivity index (χ3v) is 2.75. The molecule has 1 atom stereocenters. The smallest absolute Gasteiger partial charge is 0.0270 e. The molecule has 1 fully saturated rings. The fourth-order valence-corrected chi connectivity index (χ4v) is 1.99. The second-order valence-electron chi connectivity index (χ2n) is 3.66. The first-order chi connectivity index (χ1) is 6.47. The fourth-order valence-electron chi connectivity index (χ4n) is 1.99. The molecule has 1 aliphatic rings. The maximum Gasteiger partial charge on any atom is 0.0270 e. The summed E-state index contributed by atoms with van der Waals surface area (Å²) >= 11 is 0. The highest BCUT2D eigenvalue weighted by molar-refractivity contribution is 5.15. The molecule has 1 saturated heterocycles. The minimum atomic E-state index is 0.748. The summed E-state index contributed by atoms with van der Waals surface area (Å²) in [4.78, 5) is 4.05. The number of aromatic nitrogens is 1. The zero-order chi connectivity index (χ0) is 8.93. The van der Waals surface area contributed by atoms with Gasteiger partial charge in [-0.25, -0.2) is 0 Å². The lowest BCUT2D eigenvalue weighted by Gasteiger charge is -2.12. The number of hydrogen-bond donors (Lipinski definition) is 1. The Balaban J connectivity index is 2.06. The summed E-state index contributed by atoms with van der Waals surface area (Å²) in [5.41, 5.74) is 1.46. The van der Waals surface area contributed by atoms with Gasteiger partial charge in [0.05, 0.1) is 0 Å². The molecule has 13 heavy (non-hydrogen) atoms. The molecule has 70 valence electrons. The van der Waals surface area contributed by atoms with E-state index in [1.54, 1.807) is 0 Å². The van der Waals surface area contributed by atoms with Crippen molar-refractivity contribution in [2.45, 2.75) is 25.2 Å². The summed E-state index contributed by atoms with van der Waals surface area (Å²) in [5.74, 6) is 0.748. The zero-order valence-corrected chi connectivity index (χ0v) is 7.87. The van der Waals surface area contributed by atoms with Crippen LogP contribution in [0, 0.1) is 0 Å². The van der Waals surface area contributed by atoms with Gasteiger partial charge in [0.1, 0.15) is 0 Å². The molecule has 2 rings (SSSR count). The summed E-state index contributed by atoms with van der Waals surface area (Å²) in [6, 6.07) is 4.30. The number of rotatable bonds is 1. The highest BCUT2D eigenvalue weighted by Gasteiger charge is 2.12. The Labute approximate surface area is 79.4 Å². The highest BCUT2D eigenvalue weighted by Crippen LogP contribution is 2.24. The SMILES string of the molecule is c1cc(C2CCCNCC2)ccn1. The van der Waals surface area contributed by atoms with Gasteiger partial charge in [-0.15, -0.1) is 0 Å². The molecular weight excluding hydrogens is 160 g/mol. The summed E-state index contributed by atoms with van der Waals surface area (Å²) in [5, 5.41) is 3.43. The van der Waals surface area contributed by atoms with Gasteiger partial charge in [0.2, 0.25) is 0 Å². The van der Waals surface area contributed by atoms with Crippen molar-refractivity contribution in [1.82, 2.24) is 10.3 Å². The summed E-state index contributed by atoms with van der Waals surface area (Å²) in [6.07, 6.45) is 7.68. The van der Waals surface area contributed by atoms with Crippen LogP contribution in [0.3, 0.4) is 0 Å². The minimum absolute atomic E-state index is 0.748. The predicted octanol–water partition coefficient (Wildman–Crippen LogP) is 1.94. The van der Waals surface area contributed by atoms with Crippen molar-refractivity contribution >= 4 is 0 Å². The first-order valence-corrected chi connectivity index (χ1v) is 5.07. The number of nitrogens with zero attached hydrogens (tertiary/aromatic N) is 1. The van der Waals surface area contributed by atoms with Crippen molar-refractivity contribution < 1.29 is 0 Å². The van der Waals surface area contributed by atoms with Crippen LogP contribution in [0.15, 0.2) is 24.5 Å². The number of hydrogen-bond acceptors (Lipinski definition) is 2. The van der Waals surface area contributed by atoms with Gasteiger partial charge in [-0.05, 0) is 56.0 Å². The first kappa shape index (κ1) is 8.70. The minimum Gasteiger partial charge on any atom is -0.317 e. The Morgan fingerprint density at radius 1 is 1.15 bits per heavy atom. The molecule has 0 aliphatic carbocycles. The molecule has 2 nitrogen and oxygen atoms in total. The van der Waals surface area contributed by atoms with Crippen LogP contribution >= 0.6 is 0 Å². The van der Waals surface area contributed by atoms with E-state index in [2.05, 4.69) is 22.4 Å². The summed E-state index contributed by atoms with van der Waals surface area (Å²) in [7, 11) is 0. The van der Waals surface area contributed by atoms with Gasteiger partial charge in [0, 0.05) is 12.4 Å². The maximum absolute atomic E-state index is 4.05. The molecular formula is C11H16N2. The molecule has 0 aromatic carbocycles. The third-order valence-electron chi connectivity index (χ3n) is 2.75. The van der Waals surface area contributed by atoms with Crippen LogP contribution in [0.4, 0.5) is 0 Å². The van der Waals surface area contributed by atoms with E-state index in [4.69, 9.17) is 0 Å². The van der Waals surface area contributed by atoms with E-state index in [9.17, 15) is 0 Å². The molecule has 1 aromatic heterocycles. The van der Waals surface area contributed by atoms with Crippen molar-refractivity contribution in [1.29, 1.82) is 0 Å². The Morgan fingerprint density at radius 2 is 2.00 bits per heavy atom.